The van der Waals surface area contributed by atoms with E-state index in [1.807, 2.05) is 41.8 Å². The van der Waals surface area contributed by atoms with Gasteiger partial charge in [0.05, 0.1) is 39.0 Å². The van der Waals surface area contributed by atoms with Gasteiger partial charge in [0.2, 0.25) is 17.7 Å². The first-order valence-corrected chi connectivity index (χ1v) is 14.5. The van der Waals surface area contributed by atoms with Gasteiger partial charge in [-0.2, -0.15) is 0 Å². The van der Waals surface area contributed by atoms with Crippen LogP contribution in [-0.2, 0) is 23.9 Å². The molecule has 1 aromatic carbocycles. The van der Waals surface area contributed by atoms with Crippen LogP contribution in [0.5, 0.6) is 5.75 Å². The fourth-order valence-electron chi connectivity index (χ4n) is 5.10. The minimum atomic E-state index is -1.02. The zero-order valence-electron chi connectivity index (χ0n) is 22.2. The number of nitrogens with one attached hydrogen (secondary N) is 3. The van der Waals surface area contributed by atoms with Crippen LogP contribution < -0.4 is 21.1 Å². The van der Waals surface area contributed by atoms with E-state index in [4.69, 9.17) is 25.4 Å². The first-order valence-electron chi connectivity index (χ1n) is 13.6. The van der Waals surface area contributed by atoms with Gasteiger partial charge in [-0.1, -0.05) is 18.2 Å². The predicted molar refractivity (Wildman–Crippen MR) is 148 cm³/mol. The van der Waals surface area contributed by atoms with Crippen LogP contribution in [0.25, 0.3) is 0 Å². The van der Waals surface area contributed by atoms with Crippen LogP contribution in [0.2, 0.25) is 0 Å². The Kier molecular flexibility index (Phi) is 8.67. The highest BCUT2D eigenvalue weighted by Crippen LogP contribution is 2.43. The summed E-state index contributed by atoms with van der Waals surface area (Å²) in [6.45, 7) is 1.07. The lowest BCUT2D eigenvalue weighted by molar-refractivity contribution is -0.152. The number of hydrogen-bond acceptors (Lipinski definition) is 8. The van der Waals surface area contributed by atoms with Crippen molar-refractivity contribution in [3.05, 3.63) is 52.2 Å². The Morgan fingerprint density at radius 1 is 1.20 bits per heavy atom. The Morgan fingerprint density at radius 2 is 1.95 bits per heavy atom. The number of rotatable bonds is 12. The number of nitrogen functional groups attached to an aromatic ring is 1. The number of carbonyl (C=O) groups is 3. The third-order valence-corrected chi connectivity index (χ3v) is 8.37. The van der Waals surface area contributed by atoms with Gasteiger partial charge in [0.25, 0.3) is 0 Å². The van der Waals surface area contributed by atoms with E-state index in [1.54, 1.807) is 0 Å². The Balaban J connectivity index is 1.17. The second kappa shape index (κ2) is 12.4. The van der Waals surface area contributed by atoms with Crippen molar-refractivity contribution in [2.75, 3.05) is 32.9 Å². The fourth-order valence-corrected chi connectivity index (χ4v) is 6.15. The van der Waals surface area contributed by atoms with E-state index in [1.165, 1.54) is 16.2 Å². The summed E-state index contributed by atoms with van der Waals surface area (Å²) in [6.07, 6.45) is 2.92. The molecule has 3 heterocycles. The van der Waals surface area contributed by atoms with Crippen molar-refractivity contribution in [2.45, 2.75) is 50.0 Å². The Hall–Kier alpha value is -3.48. The molecule has 3 amide bonds. The molecule has 11 nitrogen and oxygen atoms in total. The number of amidine groups is 1. The molecular weight excluding hydrogens is 534 g/mol. The third-order valence-electron chi connectivity index (χ3n) is 7.35. The number of ether oxygens (including phenoxy) is 3. The van der Waals surface area contributed by atoms with Gasteiger partial charge in [-0.15, -0.1) is 11.3 Å². The minimum absolute atomic E-state index is 0.0146. The molecule has 0 radical (unpaired) electrons. The molecule has 2 aliphatic heterocycles. The van der Waals surface area contributed by atoms with Crippen LogP contribution in [0.4, 0.5) is 0 Å². The van der Waals surface area contributed by atoms with Gasteiger partial charge in [-0.25, -0.2) is 0 Å². The van der Waals surface area contributed by atoms with Crippen LogP contribution in [-0.4, -0.2) is 73.2 Å². The van der Waals surface area contributed by atoms with Crippen LogP contribution in [0.15, 0.2) is 41.8 Å². The summed E-state index contributed by atoms with van der Waals surface area (Å²) in [7, 11) is 0. The molecule has 5 rings (SSSR count). The molecule has 1 aromatic heterocycles. The largest absolute Gasteiger partial charge is 0.494 e. The molecule has 12 heteroatoms. The maximum Gasteiger partial charge on any atom is 0.243 e. The van der Waals surface area contributed by atoms with Crippen LogP contribution in [0.1, 0.15) is 48.6 Å². The standard InChI is InChI=1S/C28H35N5O6S/c29-26(30)19-13-22(40-16-19)25(18-8-9-18)32-27(36)21-14-28(38-11-12-39-28)17-33(21)24(35)15-31-23(34)7-4-10-37-20-5-2-1-3-6-20/h1-3,5-6,13,16,18,21,25H,4,7-12,14-15,17H2,(H3,29,30)(H,31,34)(H,32,36)/t21-,25?/m0/s1. The molecule has 5 N–H and O–H groups in total. The average molecular weight is 570 g/mol. The first kappa shape index (κ1) is 28.1. The van der Waals surface area contributed by atoms with Crippen molar-refractivity contribution in [2.24, 2.45) is 11.7 Å². The summed E-state index contributed by atoms with van der Waals surface area (Å²) >= 11 is 1.46. The van der Waals surface area contributed by atoms with E-state index in [2.05, 4.69) is 10.6 Å². The monoisotopic (exact) mass is 569 g/mol. The molecule has 1 saturated carbocycles. The number of nitrogens with zero attached hydrogens (tertiary/aromatic N) is 1. The molecule has 2 aromatic rings. The van der Waals surface area contributed by atoms with Crippen LogP contribution >= 0.6 is 11.3 Å². The van der Waals surface area contributed by atoms with E-state index < -0.39 is 11.8 Å². The third kappa shape index (κ3) is 6.80. The highest BCUT2D eigenvalue weighted by molar-refractivity contribution is 7.10. The predicted octanol–water partition coefficient (Wildman–Crippen LogP) is 1.92. The summed E-state index contributed by atoms with van der Waals surface area (Å²) in [5.41, 5.74) is 6.27. The van der Waals surface area contributed by atoms with Crippen molar-refractivity contribution in [3.8, 4) is 5.75 Å². The zero-order valence-corrected chi connectivity index (χ0v) is 23.0. The molecule has 214 valence electrons. The van der Waals surface area contributed by atoms with Crippen molar-refractivity contribution >= 4 is 34.9 Å². The summed E-state index contributed by atoms with van der Waals surface area (Å²) in [5, 5.41) is 15.3. The molecule has 0 bridgehead atoms. The molecule has 3 aliphatic rings. The fraction of sp³-hybridized carbons (Fsp3) is 0.500. The summed E-state index contributed by atoms with van der Waals surface area (Å²) in [4.78, 5) is 41.6. The lowest BCUT2D eigenvalue weighted by atomic mass is 10.1. The van der Waals surface area contributed by atoms with Gasteiger partial charge in [-0.3, -0.25) is 19.8 Å². The molecule has 1 aliphatic carbocycles. The smallest absolute Gasteiger partial charge is 0.243 e. The molecule has 1 spiro atoms. The molecule has 3 fully saturated rings. The van der Waals surface area contributed by atoms with Crippen molar-refractivity contribution < 1.29 is 28.6 Å². The molecule has 1 unspecified atom stereocenters. The zero-order chi connectivity index (χ0) is 28.1. The SMILES string of the molecule is N=C(N)c1csc(C(NC(=O)[C@@H]2CC3(CN2C(=O)CNC(=O)CCCOc2ccccc2)OCCO3)C2CC2)c1. The summed E-state index contributed by atoms with van der Waals surface area (Å²) in [6, 6.07) is 10.2. The van der Waals surface area contributed by atoms with Gasteiger partial charge in [0, 0.05) is 28.7 Å². The minimum Gasteiger partial charge on any atom is -0.494 e. The first-order chi connectivity index (χ1) is 19.3. The Morgan fingerprint density at radius 3 is 2.62 bits per heavy atom. The lowest BCUT2D eigenvalue weighted by Crippen LogP contribution is -2.50. The van der Waals surface area contributed by atoms with Crippen molar-refractivity contribution in [1.82, 2.24) is 15.5 Å². The topological polar surface area (TPSA) is 156 Å². The quantitative estimate of drug-likeness (QED) is 0.173. The number of likely N-dealkylation sites (tertiary alicyclic amines) is 1. The number of carbonyl (C=O) groups excluding carboxylic acids is 3. The maximum absolute atomic E-state index is 13.6. The summed E-state index contributed by atoms with van der Waals surface area (Å²) < 4.78 is 17.3. The Bertz CT molecular complexity index is 1230. The van der Waals surface area contributed by atoms with E-state index in [9.17, 15) is 14.4 Å². The lowest BCUT2D eigenvalue weighted by Gasteiger charge is -2.26. The molecule has 2 saturated heterocycles. The van der Waals surface area contributed by atoms with Crippen molar-refractivity contribution in [1.29, 1.82) is 5.41 Å². The van der Waals surface area contributed by atoms with E-state index >= 15 is 0 Å². The highest BCUT2D eigenvalue weighted by atomic mass is 32.1. The number of thiophene rings is 1. The average Bonchev–Trinajstić information content (AvgIpc) is 3.33. The van der Waals surface area contributed by atoms with Crippen LogP contribution in [0.3, 0.4) is 0 Å². The number of amides is 3. The normalized spacial score (nSPS) is 20.3. The number of para-hydroxylation sites is 1. The number of nitrogens with two attached hydrogens (primary N) is 1. The van der Waals surface area contributed by atoms with E-state index in [0.717, 1.165) is 23.5 Å². The van der Waals surface area contributed by atoms with Gasteiger partial charge in [0.1, 0.15) is 17.6 Å². The van der Waals surface area contributed by atoms with E-state index in [0.29, 0.717) is 37.7 Å². The molecule has 2 atom stereocenters. The van der Waals surface area contributed by atoms with Gasteiger partial charge >= 0.3 is 0 Å². The van der Waals surface area contributed by atoms with Gasteiger partial charge in [-0.05, 0) is 43.4 Å². The van der Waals surface area contributed by atoms with E-state index in [-0.39, 0.29) is 55.5 Å². The number of benzene rings is 1. The van der Waals surface area contributed by atoms with Crippen LogP contribution in [0, 0.1) is 11.3 Å². The van der Waals surface area contributed by atoms with Crippen molar-refractivity contribution in [3.63, 3.8) is 0 Å². The molecule has 40 heavy (non-hydrogen) atoms. The molecular formula is C28H35N5O6S. The maximum atomic E-state index is 13.6. The second-order valence-electron chi connectivity index (χ2n) is 10.4. The Labute approximate surface area is 236 Å². The highest BCUT2D eigenvalue weighted by Gasteiger charge is 2.53. The number of hydrogen-bond donors (Lipinski definition) is 4. The van der Waals surface area contributed by atoms with Gasteiger partial charge in [0.15, 0.2) is 5.79 Å². The second-order valence-corrected chi connectivity index (χ2v) is 11.3. The summed E-state index contributed by atoms with van der Waals surface area (Å²) in [5.74, 6) is -0.919. The van der Waals surface area contributed by atoms with Gasteiger partial charge < -0.3 is 35.5 Å².